The molecule has 1 rings (SSSR count). The molecular formula is C9H12ClNO. The zero-order valence-corrected chi connectivity index (χ0v) is 7.68. The lowest BCUT2D eigenvalue weighted by Crippen LogP contribution is -2.18. The third kappa shape index (κ3) is 2.49. The molecule has 1 saturated carbocycles. The molecule has 0 spiro atoms. The van der Waals surface area contributed by atoms with Gasteiger partial charge in [0, 0.05) is 12.3 Å². The van der Waals surface area contributed by atoms with Gasteiger partial charge in [0.2, 0.25) is 5.24 Å². The number of halogens is 1. The van der Waals surface area contributed by atoms with E-state index in [9.17, 15) is 4.79 Å². The highest BCUT2D eigenvalue weighted by Crippen LogP contribution is 2.31. The van der Waals surface area contributed by atoms with Gasteiger partial charge in [-0.25, -0.2) is 0 Å². The van der Waals surface area contributed by atoms with Crippen LogP contribution >= 0.6 is 11.6 Å². The second-order valence-corrected chi connectivity index (χ2v) is 3.76. The molecular weight excluding hydrogens is 174 g/mol. The molecule has 0 unspecified atom stereocenters. The van der Waals surface area contributed by atoms with Gasteiger partial charge in [-0.1, -0.05) is 0 Å². The molecule has 1 fully saturated rings. The first kappa shape index (κ1) is 9.54. The van der Waals surface area contributed by atoms with Crippen molar-refractivity contribution in [1.29, 1.82) is 5.26 Å². The van der Waals surface area contributed by atoms with Crippen molar-refractivity contribution < 1.29 is 4.79 Å². The van der Waals surface area contributed by atoms with Crippen molar-refractivity contribution >= 4 is 16.8 Å². The summed E-state index contributed by atoms with van der Waals surface area (Å²) in [6, 6.07) is 2.16. The molecule has 3 heteroatoms. The first-order chi connectivity index (χ1) is 5.74. The molecule has 66 valence electrons. The molecule has 1 aliphatic carbocycles. The number of rotatable bonds is 2. The number of carbonyl (C=O) groups excluding carboxylic acids is 1. The summed E-state index contributed by atoms with van der Waals surface area (Å²) in [6.07, 6.45) is 4.33. The monoisotopic (exact) mass is 185 g/mol. The third-order valence-corrected chi connectivity index (χ3v) is 2.86. The summed E-state index contributed by atoms with van der Waals surface area (Å²) in [6.45, 7) is 0. The van der Waals surface area contributed by atoms with Gasteiger partial charge in [-0.2, -0.15) is 5.26 Å². The van der Waals surface area contributed by atoms with Crippen molar-refractivity contribution in [2.45, 2.75) is 32.1 Å². The zero-order valence-electron chi connectivity index (χ0n) is 6.92. The molecule has 0 N–H and O–H groups in total. The third-order valence-electron chi connectivity index (χ3n) is 2.55. The first-order valence-electron chi connectivity index (χ1n) is 4.30. The van der Waals surface area contributed by atoms with Crippen LogP contribution in [0, 0.1) is 23.2 Å². The summed E-state index contributed by atoms with van der Waals surface area (Å²) in [5.74, 6) is 0.559. The highest BCUT2D eigenvalue weighted by atomic mass is 35.5. The average Bonchev–Trinajstić information content (AvgIpc) is 2.06. The van der Waals surface area contributed by atoms with Crippen LogP contribution in [0.2, 0.25) is 0 Å². The SMILES string of the molecule is N#CCC1CCC(C(=O)Cl)CC1. The van der Waals surface area contributed by atoms with Crippen LogP contribution in [0.15, 0.2) is 0 Å². The fourth-order valence-electron chi connectivity index (χ4n) is 1.72. The Morgan fingerprint density at radius 2 is 2.00 bits per heavy atom. The van der Waals surface area contributed by atoms with E-state index in [0.717, 1.165) is 25.7 Å². The summed E-state index contributed by atoms with van der Waals surface area (Å²) in [5.41, 5.74) is 0. The number of nitriles is 1. The Balaban J connectivity index is 2.30. The molecule has 0 saturated heterocycles. The predicted molar refractivity (Wildman–Crippen MR) is 46.5 cm³/mol. The Bertz CT molecular complexity index is 201. The van der Waals surface area contributed by atoms with Crippen LogP contribution < -0.4 is 0 Å². The van der Waals surface area contributed by atoms with Gasteiger partial charge in [-0.3, -0.25) is 4.79 Å². The molecule has 0 aliphatic heterocycles. The van der Waals surface area contributed by atoms with Crippen LogP contribution in [0.3, 0.4) is 0 Å². The zero-order chi connectivity index (χ0) is 8.97. The number of hydrogen-bond acceptors (Lipinski definition) is 2. The summed E-state index contributed by atoms with van der Waals surface area (Å²) >= 11 is 5.38. The molecule has 0 aromatic carbocycles. The molecule has 1 aliphatic rings. The molecule has 0 aromatic heterocycles. The molecule has 0 heterocycles. The minimum Gasteiger partial charge on any atom is -0.281 e. The Morgan fingerprint density at radius 3 is 2.42 bits per heavy atom. The Labute approximate surface area is 77.5 Å². The van der Waals surface area contributed by atoms with Crippen molar-refractivity contribution in [1.82, 2.24) is 0 Å². The molecule has 12 heavy (non-hydrogen) atoms. The standard InChI is InChI=1S/C9H12ClNO/c10-9(12)8-3-1-7(2-4-8)5-6-11/h7-8H,1-5H2. The number of hydrogen-bond donors (Lipinski definition) is 0. The van der Waals surface area contributed by atoms with Gasteiger partial charge in [-0.15, -0.1) is 0 Å². The van der Waals surface area contributed by atoms with Gasteiger partial charge in [0.1, 0.15) is 0 Å². The average molecular weight is 186 g/mol. The van der Waals surface area contributed by atoms with E-state index in [-0.39, 0.29) is 11.2 Å². The van der Waals surface area contributed by atoms with Crippen molar-refractivity contribution in [3.8, 4) is 6.07 Å². The second kappa shape index (κ2) is 4.47. The minimum absolute atomic E-state index is 0.0570. The Hall–Kier alpha value is -0.550. The summed E-state index contributed by atoms with van der Waals surface area (Å²) in [4.78, 5) is 10.8. The van der Waals surface area contributed by atoms with Crippen LogP contribution in [0.25, 0.3) is 0 Å². The molecule has 0 atom stereocenters. The lowest BCUT2D eigenvalue weighted by Gasteiger charge is -2.24. The molecule has 0 radical (unpaired) electrons. The van der Waals surface area contributed by atoms with Gasteiger partial charge in [0.15, 0.2) is 0 Å². The Kier molecular flexibility index (Phi) is 3.55. The molecule has 2 nitrogen and oxygen atoms in total. The van der Waals surface area contributed by atoms with Crippen LogP contribution in [-0.2, 0) is 4.79 Å². The molecule has 0 aromatic rings. The van der Waals surface area contributed by atoms with Gasteiger partial charge < -0.3 is 0 Å². The largest absolute Gasteiger partial charge is 0.281 e. The van der Waals surface area contributed by atoms with E-state index in [1.54, 1.807) is 0 Å². The van der Waals surface area contributed by atoms with Gasteiger partial charge in [0.05, 0.1) is 6.07 Å². The van der Waals surface area contributed by atoms with E-state index in [1.165, 1.54) is 0 Å². The minimum atomic E-state index is -0.203. The first-order valence-corrected chi connectivity index (χ1v) is 4.68. The van der Waals surface area contributed by atoms with Crippen molar-refractivity contribution in [3.05, 3.63) is 0 Å². The van der Waals surface area contributed by atoms with E-state index < -0.39 is 0 Å². The quantitative estimate of drug-likeness (QED) is 0.621. The fraction of sp³-hybridized carbons (Fsp3) is 0.778. The normalized spacial score (nSPS) is 29.3. The van der Waals surface area contributed by atoms with E-state index >= 15 is 0 Å². The summed E-state index contributed by atoms with van der Waals surface area (Å²) in [5, 5.41) is 8.25. The predicted octanol–water partition coefficient (Wildman–Crippen LogP) is 2.47. The van der Waals surface area contributed by atoms with Crippen LogP contribution in [0.5, 0.6) is 0 Å². The fourth-order valence-corrected chi connectivity index (χ4v) is 1.94. The van der Waals surface area contributed by atoms with Crippen molar-refractivity contribution in [2.75, 3.05) is 0 Å². The highest BCUT2D eigenvalue weighted by molar-refractivity contribution is 6.63. The van der Waals surface area contributed by atoms with Crippen molar-refractivity contribution in [2.24, 2.45) is 11.8 Å². The van der Waals surface area contributed by atoms with Gasteiger partial charge in [0.25, 0.3) is 0 Å². The lowest BCUT2D eigenvalue weighted by molar-refractivity contribution is -0.116. The molecule has 0 amide bonds. The smallest absolute Gasteiger partial charge is 0.224 e. The number of nitrogens with zero attached hydrogens (tertiary/aromatic N) is 1. The Morgan fingerprint density at radius 1 is 1.42 bits per heavy atom. The summed E-state index contributed by atoms with van der Waals surface area (Å²) in [7, 11) is 0. The van der Waals surface area contributed by atoms with E-state index in [1.807, 2.05) is 0 Å². The van der Waals surface area contributed by atoms with Crippen LogP contribution in [-0.4, -0.2) is 5.24 Å². The van der Waals surface area contributed by atoms with Crippen LogP contribution in [0.4, 0.5) is 0 Å². The second-order valence-electron chi connectivity index (χ2n) is 3.38. The highest BCUT2D eigenvalue weighted by Gasteiger charge is 2.24. The topological polar surface area (TPSA) is 40.9 Å². The van der Waals surface area contributed by atoms with Gasteiger partial charge in [-0.05, 0) is 43.2 Å². The maximum absolute atomic E-state index is 10.8. The number of carbonyl (C=O) groups is 1. The van der Waals surface area contributed by atoms with Gasteiger partial charge >= 0.3 is 0 Å². The summed E-state index contributed by atoms with van der Waals surface area (Å²) < 4.78 is 0. The van der Waals surface area contributed by atoms with E-state index in [2.05, 4.69) is 6.07 Å². The van der Waals surface area contributed by atoms with Crippen molar-refractivity contribution in [3.63, 3.8) is 0 Å². The molecule has 0 bridgehead atoms. The lowest BCUT2D eigenvalue weighted by atomic mass is 9.81. The maximum atomic E-state index is 10.8. The maximum Gasteiger partial charge on any atom is 0.224 e. The van der Waals surface area contributed by atoms with Crippen LogP contribution in [0.1, 0.15) is 32.1 Å². The van der Waals surface area contributed by atoms with E-state index in [0.29, 0.717) is 12.3 Å². The van der Waals surface area contributed by atoms with E-state index in [4.69, 9.17) is 16.9 Å².